The highest BCUT2D eigenvalue weighted by Gasteiger charge is 2.28. The molecule has 0 spiro atoms. The number of rotatable bonds is 6. The van der Waals surface area contributed by atoms with Gasteiger partial charge in [-0.3, -0.25) is 4.79 Å². The lowest BCUT2D eigenvalue weighted by atomic mass is 10.1. The van der Waals surface area contributed by atoms with Crippen LogP contribution in [0.15, 0.2) is 23.1 Å². The Morgan fingerprint density at radius 3 is 2.52 bits per heavy atom. The van der Waals surface area contributed by atoms with Crippen molar-refractivity contribution < 1.29 is 17.9 Å². The Labute approximate surface area is 137 Å². The number of carbonyl (C=O) groups excluding carboxylic acids is 1. The second-order valence-corrected chi connectivity index (χ2v) is 8.02. The van der Waals surface area contributed by atoms with Crippen LogP contribution in [0, 0.1) is 5.92 Å². The van der Waals surface area contributed by atoms with Crippen molar-refractivity contribution in [2.45, 2.75) is 31.6 Å². The highest BCUT2D eigenvalue weighted by molar-refractivity contribution is 7.89. The van der Waals surface area contributed by atoms with Gasteiger partial charge in [0, 0.05) is 19.6 Å². The zero-order valence-corrected chi connectivity index (χ0v) is 14.6. The van der Waals surface area contributed by atoms with Gasteiger partial charge in [0.15, 0.2) is 0 Å². The first-order valence-electron chi connectivity index (χ1n) is 7.82. The summed E-state index contributed by atoms with van der Waals surface area (Å²) in [7, 11) is -2.09. The number of carbonyl (C=O) groups is 1. The van der Waals surface area contributed by atoms with Gasteiger partial charge < -0.3 is 10.1 Å². The van der Waals surface area contributed by atoms with Crippen LogP contribution in [0.5, 0.6) is 5.75 Å². The smallest absolute Gasteiger partial charge is 0.255 e. The Kier molecular flexibility index (Phi) is 5.64. The zero-order valence-electron chi connectivity index (χ0n) is 13.8. The molecule has 2 rings (SSSR count). The van der Waals surface area contributed by atoms with Crippen LogP contribution in [0.1, 0.15) is 37.0 Å². The fourth-order valence-corrected chi connectivity index (χ4v) is 4.04. The Bertz CT molecular complexity index is 665. The lowest BCUT2D eigenvalue weighted by Gasteiger charge is -2.17. The molecule has 1 amide bonds. The SMILES string of the molecule is COc1ccc(S(=O)(=O)N2CCCC2)cc1C(=O)NCC(C)C. The molecule has 23 heavy (non-hydrogen) atoms. The number of sulfonamides is 1. The summed E-state index contributed by atoms with van der Waals surface area (Å²) in [6.07, 6.45) is 1.74. The van der Waals surface area contributed by atoms with Crippen molar-refractivity contribution >= 4 is 15.9 Å². The molecule has 1 aromatic rings. The Balaban J connectivity index is 2.33. The van der Waals surface area contributed by atoms with Crippen LogP contribution in [-0.2, 0) is 10.0 Å². The minimum atomic E-state index is -3.55. The Morgan fingerprint density at radius 1 is 1.30 bits per heavy atom. The largest absolute Gasteiger partial charge is 0.496 e. The average molecular weight is 340 g/mol. The van der Waals surface area contributed by atoms with E-state index in [9.17, 15) is 13.2 Å². The predicted octanol–water partition coefficient (Wildman–Crippen LogP) is 1.87. The summed E-state index contributed by atoms with van der Waals surface area (Å²) in [5.74, 6) is 0.349. The second kappa shape index (κ2) is 7.31. The maximum absolute atomic E-state index is 12.6. The molecule has 1 aliphatic heterocycles. The van der Waals surface area contributed by atoms with Gasteiger partial charge >= 0.3 is 0 Å². The normalized spacial score (nSPS) is 15.8. The molecule has 0 saturated carbocycles. The van der Waals surface area contributed by atoms with Crippen LogP contribution >= 0.6 is 0 Å². The van der Waals surface area contributed by atoms with Gasteiger partial charge in [-0.1, -0.05) is 13.8 Å². The molecule has 1 N–H and O–H groups in total. The minimum absolute atomic E-state index is 0.134. The third-order valence-corrected chi connectivity index (χ3v) is 5.68. The van der Waals surface area contributed by atoms with Crippen molar-refractivity contribution in [3.8, 4) is 5.75 Å². The third-order valence-electron chi connectivity index (χ3n) is 3.79. The van der Waals surface area contributed by atoms with E-state index in [-0.39, 0.29) is 16.4 Å². The van der Waals surface area contributed by atoms with Gasteiger partial charge in [0.2, 0.25) is 10.0 Å². The molecular formula is C16H24N2O4S. The summed E-state index contributed by atoms with van der Waals surface area (Å²) in [5.41, 5.74) is 0.244. The van der Waals surface area contributed by atoms with Crippen molar-refractivity contribution in [2.75, 3.05) is 26.7 Å². The Morgan fingerprint density at radius 2 is 1.96 bits per heavy atom. The molecule has 0 aromatic heterocycles. The summed E-state index contributed by atoms with van der Waals surface area (Å²) in [5, 5.41) is 2.79. The van der Waals surface area contributed by atoms with Crippen molar-refractivity contribution in [1.82, 2.24) is 9.62 Å². The first-order chi connectivity index (χ1) is 10.9. The highest BCUT2D eigenvalue weighted by atomic mass is 32.2. The fraction of sp³-hybridized carbons (Fsp3) is 0.562. The second-order valence-electron chi connectivity index (χ2n) is 6.08. The van der Waals surface area contributed by atoms with E-state index >= 15 is 0 Å². The van der Waals surface area contributed by atoms with Gasteiger partial charge in [-0.2, -0.15) is 4.31 Å². The van der Waals surface area contributed by atoms with E-state index in [1.807, 2.05) is 13.8 Å². The maximum Gasteiger partial charge on any atom is 0.255 e. The van der Waals surface area contributed by atoms with E-state index in [4.69, 9.17) is 4.74 Å². The number of benzene rings is 1. The van der Waals surface area contributed by atoms with Crippen LogP contribution in [0.3, 0.4) is 0 Å². The van der Waals surface area contributed by atoms with E-state index in [1.165, 1.54) is 29.6 Å². The molecule has 0 atom stereocenters. The van der Waals surface area contributed by atoms with E-state index in [1.54, 1.807) is 0 Å². The van der Waals surface area contributed by atoms with Crippen LogP contribution in [0.2, 0.25) is 0 Å². The number of methoxy groups -OCH3 is 1. The van der Waals surface area contributed by atoms with Crippen LogP contribution in [0.4, 0.5) is 0 Å². The minimum Gasteiger partial charge on any atom is -0.496 e. The number of hydrogen-bond acceptors (Lipinski definition) is 4. The van der Waals surface area contributed by atoms with Gasteiger partial charge in [0.25, 0.3) is 5.91 Å². The molecule has 1 heterocycles. The monoisotopic (exact) mass is 340 g/mol. The standard InChI is InChI=1S/C16H24N2O4S/c1-12(2)11-17-16(19)14-10-13(6-7-15(14)22-3)23(20,21)18-8-4-5-9-18/h6-7,10,12H,4-5,8-9,11H2,1-3H3,(H,17,19). The first-order valence-corrected chi connectivity index (χ1v) is 9.26. The van der Waals surface area contributed by atoms with Gasteiger partial charge in [-0.05, 0) is 37.0 Å². The van der Waals surface area contributed by atoms with Gasteiger partial charge in [-0.15, -0.1) is 0 Å². The van der Waals surface area contributed by atoms with Gasteiger partial charge in [0.05, 0.1) is 17.6 Å². The van der Waals surface area contributed by atoms with Crippen LogP contribution < -0.4 is 10.1 Å². The first kappa shape index (κ1) is 17.7. The number of amides is 1. The molecule has 1 fully saturated rings. The van der Waals surface area contributed by atoms with Crippen molar-refractivity contribution in [2.24, 2.45) is 5.92 Å². The molecule has 6 nitrogen and oxygen atoms in total. The molecule has 7 heteroatoms. The van der Waals surface area contributed by atoms with Crippen LogP contribution in [0.25, 0.3) is 0 Å². The summed E-state index contributed by atoms with van der Waals surface area (Å²) >= 11 is 0. The quantitative estimate of drug-likeness (QED) is 0.858. The lowest BCUT2D eigenvalue weighted by Crippen LogP contribution is -2.30. The summed E-state index contributed by atoms with van der Waals surface area (Å²) in [6.45, 7) is 5.56. The molecule has 1 aliphatic rings. The number of nitrogens with zero attached hydrogens (tertiary/aromatic N) is 1. The molecule has 1 saturated heterocycles. The third kappa shape index (κ3) is 4.03. The van der Waals surface area contributed by atoms with Crippen molar-refractivity contribution in [1.29, 1.82) is 0 Å². The molecule has 128 valence electrons. The van der Waals surface area contributed by atoms with E-state index in [0.717, 1.165) is 12.8 Å². The van der Waals surface area contributed by atoms with Crippen molar-refractivity contribution in [3.63, 3.8) is 0 Å². The zero-order chi connectivity index (χ0) is 17.0. The Hall–Kier alpha value is -1.60. The topological polar surface area (TPSA) is 75.7 Å². The molecule has 1 aromatic carbocycles. The van der Waals surface area contributed by atoms with E-state index < -0.39 is 10.0 Å². The average Bonchev–Trinajstić information content (AvgIpc) is 3.07. The fourth-order valence-electron chi connectivity index (χ4n) is 2.49. The molecule has 0 aliphatic carbocycles. The molecule has 0 unspecified atom stereocenters. The summed E-state index contributed by atoms with van der Waals surface area (Å²) in [6, 6.07) is 4.43. The van der Waals surface area contributed by atoms with E-state index in [2.05, 4.69) is 5.32 Å². The number of ether oxygens (including phenoxy) is 1. The molecule has 0 bridgehead atoms. The van der Waals surface area contributed by atoms with Gasteiger partial charge in [-0.25, -0.2) is 8.42 Å². The van der Waals surface area contributed by atoms with Crippen molar-refractivity contribution in [3.05, 3.63) is 23.8 Å². The van der Waals surface area contributed by atoms with Crippen LogP contribution in [-0.4, -0.2) is 45.4 Å². The molecular weight excluding hydrogens is 316 g/mol. The summed E-state index contributed by atoms with van der Waals surface area (Å²) in [4.78, 5) is 12.5. The number of hydrogen-bond donors (Lipinski definition) is 1. The predicted molar refractivity (Wildman–Crippen MR) is 88.2 cm³/mol. The lowest BCUT2D eigenvalue weighted by molar-refractivity contribution is 0.0945. The summed E-state index contributed by atoms with van der Waals surface area (Å²) < 4.78 is 31.9. The molecule has 0 radical (unpaired) electrons. The van der Waals surface area contributed by atoms with Gasteiger partial charge in [0.1, 0.15) is 5.75 Å². The van der Waals surface area contributed by atoms with E-state index in [0.29, 0.717) is 31.3 Å². The highest BCUT2D eigenvalue weighted by Crippen LogP contribution is 2.26. The maximum atomic E-state index is 12.6. The number of nitrogens with one attached hydrogen (secondary N) is 1.